The molecule has 0 aromatic heterocycles. The van der Waals surface area contributed by atoms with Crippen molar-refractivity contribution in [1.82, 2.24) is 0 Å². The monoisotopic (exact) mass is 198 g/mol. The van der Waals surface area contributed by atoms with E-state index in [0.29, 0.717) is 19.4 Å². The summed E-state index contributed by atoms with van der Waals surface area (Å²) in [5, 5.41) is 0. The van der Waals surface area contributed by atoms with Crippen LogP contribution in [0, 0.1) is 0 Å². The van der Waals surface area contributed by atoms with Gasteiger partial charge in [-0.2, -0.15) is 0 Å². The summed E-state index contributed by atoms with van der Waals surface area (Å²) in [6.07, 6.45) is 2.43. The molecule has 14 heavy (non-hydrogen) atoms. The Balaban J connectivity index is 2.69. The van der Waals surface area contributed by atoms with Gasteiger partial charge in [0.25, 0.3) is 0 Å². The van der Waals surface area contributed by atoms with Crippen LogP contribution in [0.4, 0.5) is 0 Å². The van der Waals surface area contributed by atoms with Crippen molar-refractivity contribution < 1.29 is 19.1 Å². The average molecular weight is 198 g/mol. The normalized spacial score (nSPS) is 26.5. The highest BCUT2D eigenvalue weighted by Gasteiger charge is 2.38. The van der Waals surface area contributed by atoms with Crippen LogP contribution in [0.2, 0.25) is 0 Å². The van der Waals surface area contributed by atoms with E-state index >= 15 is 0 Å². The molecule has 1 unspecified atom stereocenters. The molecule has 0 spiro atoms. The summed E-state index contributed by atoms with van der Waals surface area (Å²) in [5.41, 5.74) is -0.680. The van der Waals surface area contributed by atoms with Crippen molar-refractivity contribution in [3.05, 3.63) is 12.7 Å². The predicted molar refractivity (Wildman–Crippen MR) is 49.5 cm³/mol. The lowest BCUT2D eigenvalue weighted by atomic mass is 9.91. The summed E-state index contributed by atoms with van der Waals surface area (Å²) < 4.78 is 9.98. The molecule has 0 aromatic carbocycles. The molecule has 0 amide bonds. The number of cyclic esters (lactones) is 1. The molecule has 1 fully saturated rings. The van der Waals surface area contributed by atoms with E-state index < -0.39 is 11.6 Å². The van der Waals surface area contributed by atoms with Crippen LogP contribution in [0.3, 0.4) is 0 Å². The zero-order valence-electron chi connectivity index (χ0n) is 8.25. The minimum absolute atomic E-state index is 0.142. The van der Waals surface area contributed by atoms with Crippen LogP contribution in [0.1, 0.15) is 26.2 Å². The summed E-state index contributed by atoms with van der Waals surface area (Å²) in [7, 11) is 0. The Bertz CT molecular complexity index is 259. The van der Waals surface area contributed by atoms with E-state index in [-0.39, 0.29) is 12.4 Å². The van der Waals surface area contributed by atoms with Gasteiger partial charge in [0.05, 0.1) is 13.0 Å². The van der Waals surface area contributed by atoms with E-state index in [2.05, 4.69) is 6.58 Å². The van der Waals surface area contributed by atoms with Crippen molar-refractivity contribution in [3.63, 3.8) is 0 Å². The lowest BCUT2D eigenvalue weighted by Gasteiger charge is -2.34. The Kier molecular flexibility index (Phi) is 3.28. The summed E-state index contributed by atoms with van der Waals surface area (Å²) in [5.74, 6) is -0.795. The summed E-state index contributed by atoms with van der Waals surface area (Å²) >= 11 is 0. The molecule has 1 aliphatic heterocycles. The average Bonchev–Trinajstić information content (AvgIpc) is 2.17. The van der Waals surface area contributed by atoms with Crippen LogP contribution in [0.25, 0.3) is 0 Å². The van der Waals surface area contributed by atoms with E-state index in [0.717, 1.165) is 6.08 Å². The first-order valence-corrected chi connectivity index (χ1v) is 4.63. The van der Waals surface area contributed by atoms with Gasteiger partial charge in [-0.1, -0.05) is 13.5 Å². The van der Waals surface area contributed by atoms with Gasteiger partial charge in [-0.05, 0) is 6.42 Å². The van der Waals surface area contributed by atoms with Crippen LogP contribution in [-0.4, -0.2) is 24.1 Å². The maximum atomic E-state index is 11.1. The van der Waals surface area contributed by atoms with Gasteiger partial charge in [-0.25, -0.2) is 4.79 Å². The van der Waals surface area contributed by atoms with Crippen LogP contribution in [0.15, 0.2) is 12.7 Å². The quantitative estimate of drug-likeness (QED) is 0.505. The van der Waals surface area contributed by atoms with E-state index in [1.54, 1.807) is 0 Å². The number of hydrogen-bond acceptors (Lipinski definition) is 4. The highest BCUT2D eigenvalue weighted by Crippen LogP contribution is 2.29. The first-order chi connectivity index (χ1) is 6.62. The number of carbonyl (C=O) groups is 2. The van der Waals surface area contributed by atoms with Gasteiger partial charge in [0.1, 0.15) is 5.60 Å². The SMILES string of the molecule is C=CC(=O)OC1(CC)CCOC(=O)C1. The van der Waals surface area contributed by atoms with Crippen LogP contribution in [0.5, 0.6) is 0 Å². The second-order valence-corrected chi connectivity index (χ2v) is 3.31. The number of rotatable bonds is 3. The molecule has 0 saturated carbocycles. The van der Waals surface area contributed by atoms with E-state index in [1.165, 1.54) is 0 Å². The van der Waals surface area contributed by atoms with Crippen molar-refractivity contribution in [2.24, 2.45) is 0 Å². The van der Waals surface area contributed by atoms with Crippen molar-refractivity contribution in [2.45, 2.75) is 31.8 Å². The lowest BCUT2D eigenvalue weighted by molar-refractivity contribution is -0.174. The Labute approximate surface area is 82.9 Å². The molecule has 0 bridgehead atoms. The molecule has 4 nitrogen and oxygen atoms in total. The van der Waals surface area contributed by atoms with Crippen LogP contribution >= 0.6 is 0 Å². The standard InChI is InChI=1S/C10H14O4/c1-3-8(11)14-10(4-2)5-6-13-9(12)7-10/h3H,1,4-7H2,2H3. The third-order valence-electron chi connectivity index (χ3n) is 2.42. The molecule has 1 rings (SSSR count). The molecule has 0 aromatic rings. The first kappa shape index (κ1) is 10.8. The van der Waals surface area contributed by atoms with Gasteiger partial charge >= 0.3 is 11.9 Å². The molecule has 1 atom stereocenters. The Hall–Kier alpha value is -1.32. The van der Waals surface area contributed by atoms with E-state index in [9.17, 15) is 9.59 Å². The van der Waals surface area contributed by atoms with Crippen LogP contribution < -0.4 is 0 Å². The van der Waals surface area contributed by atoms with Crippen molar-refractivity contribution in [2.75, 3.05) is 6.61 Å². The molecular weight excluding hydrogens is 184 g/mol. The third-order valence-corrected chi connectivity index (χ3v) is 2.42. The fourth-order valence-corrected chi connectivity index (χ4v) is 1.47. The minimum atomic E-state index is -0.680. The van der Waals surface area contributed by atoms with Gasteiger partial charge < -0.3 is 9.47 Å². The number of ether oxygens (including phenoxy) is 2. The van der Waals surface area contributed by atoms with Crippen molar-refractivity contribution in [3.8, 4) is 0 Å². The lowest BCUT2D eigenvalue weighted by Crippen LogP contribution is -2.42. The number of carbonyl (C=O) groups excluding carboxylic acids is 2. The zero-order valence-corrected chi connectivity index (χ0v) is 8.25. The minimum Gasteiger partial charge on any atom is -0.465 e. The highest BCUT2D eigenvalue weighted by atomic mass is 16.6. The van der Waals surface area contributed by atoms with Gasteiger partial charge in [0, 0.05) is 12.5 Å². The number of esters is 2. The molecule has 0 N–H and O–H groups in total. The Morgan fingerprint density at radius 1 is 1.79 bits per heavy atom. The second-order valence-electron chi connectivity index (χ2n) is 3.31. The third kappa shape index (κ3) is 2.34. The molecule has 4 heteroatoms. The van der Waals surface area contributed by atoms with Gasteiger partial charge in [-0.3, -0.25) is 4.79 Å². The second kappa shape index (κ2) is 4.26. The topological polar surface area (TPSA) is 52.6 Å². The highest BCUT2D eigenvalue weighted by molar-refractivity contribution is 5.82. The molecule has 1 aliphatic rings. The van der Waals surface area contributed by atoms with Crippen LogP contribution in [-0.2, 0) is 19.1 Å². The maximum absolute atomic E-state index is 11.1. The first-order valence-electron chi connectivity index (χ1n) is 4.63. The molecule has 0 radical (unpaired) electrons. The molecule has 0 aliphatic carbocycles. The van der Waals surface area contributed by atoms with Gasteiger partial charge in [0.15, 0.2) is 0 Å². The molecule has 78 valence electrons. The maximum Gasteiger partial charge on any atom is 0.330 e. The van der Waals surface area contributed by atoms with Gasteiger partial charge in [-0.15, -0.1) is 0 Å². The summed E-state index contributed by atoms with van der Waals surface area (Å²) in [4.78, 5) is 22.1. The number of hydrogen-bond donors (Lipinski definition) is 0. The smallest absolute Gasteiger partial charge is 0.330 e. The van der Waals surface area contributed by atoms with Crippen molar-refractivity contribution in [1.29, 1.82) is 0 Å². The molecule has 1 saturated heterocycles. The largest absolute Gasteiger partial charge is 0.465 e. The zero-order chi connectivity index (χ0) is 10.6. The molecule has 1 heterocycles. The summed E-state index contributed by atoms with van der Waals surface area (Å²) in [6.45, 7) is 5.52. The fourth-order valence-electron chi connectivity index (χ4n) is 1.47. The van der Waals surface area contributed by atoms with Gasteiger partial charge in [0.2, 0.25) is 0 Å². The fraction of sp³-hybridized carbons (Fsp3) is 0.600. The predicted octanol–water partition coefficient (Wildman–Crippen LogP) is 1.20. The Morgan fingerprint density at radius 2 is 2.50 bits per heavy atom. The van der Waals surface area contributed by atoms with E-state index in [1.807, 2.05) is 6.92 Å². The van der Waals surface area contributed by atoms with E-state index in [4.69, 9.17) is 9.47 Å². The van der Waals surface area contributed by atoms with Crippen molar-refractivity contribution >= 4 is 11.9 Å². The summed E-state index contributed by atoms with van der Waals surface area (Å²) in [6, 6.07) is 0. The Morgan fingerprint density at radius 3 is 3.00 bits per heavy atom. The molecular formula is C10H14O4.